The fourth-order valence-electron chi connectivity index (χ4n) is 16.6. The lowest BCUT2D eigenvalue weighted by Crippen LogP contribution is -2.63. The molecule has 0 spiro atoms. The highest BCUT2D eigenvalue weighted by atomic mass is 33.1. The topological polar surface area (TPSA) is 615 Å². The molecule has 2 aromatic heterocycles. The van der Waals surface area contributed by atoms with E-state index < -0.39 is 228 Å². The molecule has 706 valence electrons. The lowest BCUT2D eigenvalue weighted by Gasteiger charge is -2.33. The normalized spacial score (nSPS) is 21.4. The number of hydrogen-bond donors (Lipinski definition) is 21. The van der Waals surface area contributed by atoms with Gasteiger partial charge in [-0.25, -0.2) is 0 Å². The molecular formula is C89H118N20O20S2. The average Bonchev–Trinajstić information content (AvgIpc) is 1.67. The molecule has 0 bridgehead atoms. The van der Waals surface area contributed by atoms with E-state index in [0.29, 0.717) is 91.0 Å². The number of carbonyl (C=O) groups excluding carboxylic acids is 17. The first-order valence-corrected chi connectivity index (χ1v) is 46.7. The number of aromatic amines is 2. The maximum Gasteiger partial charge on any atom is 0.305 e. The zero-order valence-corrected chi connectivity index (χ0v) is 74.9. The Labute approximate surface area is 763 Å². The number of aromatic nitrogens is 2. The Bertz CT molecular complexity index is 5130. The van der Waals surface area contributed by atoms with Crippen LogP contribution in [0.15, 0.2) is 103 Å². The molecule has 23 N–H and O–H groups in total. The summed E-state index contributed by atoms with van der Waals surface area (Å²) in [7, 11) is 1.61. The molecule has 4 aromatic carbocycles. The summed E-state index contributed by atoms with van der Waals surface area (Å²) in [6.07, 6.45) is 2.57. The van der Waals surface area contributed by atoms with Crippen molar-refractivity contribution in [2.75, 3.05) is 50.8 Å². The number of para-hydroxylation sites is 2. The van der Waals surface area contributed by atoms with Crippen molar-refractivity contribution >= 4 is 161 Å². The molecule has 42 heteroatoms. The molecule has 17 amide bonds. The monoisotopic (exact) mass is 1850 g/mol. The third-order valence-electron chi connectivity index (χ3n) is 23.6. The first-order chi connectivity index (χ1) is 62.8. The number of unbranched alkanes of at least 4 members (excludes halogenated alkanes) is 1. The van der Waals surface area contributed by atoms with Gasteiger partial charge in [0.1, 0.15) is 72.5 Å². The number of carbonyl (C=O) groups is 18. The van der Waals surface area contributed by atoms with Crippen molar-refractivity contribution in [1.82, 2.24) is 94.6 Å². The van der Waals surface area contributed by atoms with E-state index in [1.54, 1.807) is 86.0 Å². The van der Waals surface area contributed by atoms with Gasteiger partial charge in [0.2, 0.25) is 100 Å². The predicted octanol–water partition coefficient (Wildman–Crippen LogP) is -1.32. The van der Waals surface area contributed by atoms with Crippen LogP contribution >= 0.6 is 21.6 Å². The Kier molecular flexibility index (Phi) is 37.8. The molecule has 0 unspecified atom stereocenters. The van der Waals surface area contributed by atoms with Gasteiger partial charge in [0.25, 0.3) is 0 Å². The summed E-state index contributed by atoms with van der Waals surface area (Å²) in [6.45, 7) is 4.04. The standard InChI is InChI=1S/C89H118N20O20S2/c1-4-72(113)96-45-74(115)97-44-73(114)93-31-15-14-25-61-79(119)103-66(41-75(116)117)83(123)105-68(86(126)104-67(89(129)109-34-16-26-70(109)78(91)118)39-56-43-95-60-24-13-11-22-58(56)60)46-130-131-47-69(106-88(128)77(53-18-6-5-7-19-53)108-87(127)76(48(2)110)107-84(124)64(98-49(3)111)38-55-42-94-59-23-12-10-21-57(55)59)85(125)101-62(36-50-29-32-92-33-30-50)81(121)102-65(40-71(90)112)82(122)100-63(80(120)99-61)37-51-27-28-52-17-8-9-20-54(52)35-51/h8-13,17,20-24,27-28,35,42-43,48,50,53,61-70,76-77,92,94-95,110H,4-7,14-16,18-19,25-26,29-34,36-41,44-47H2,1-3H3,(H2,90,112)(H2,91,118)(H,93,114)(H,96,113)(H,97,115)(H,98,111)(H,99,120)(H,100,122)(H,101,125)(H,102,121)(H,103,119)(H,104,126)(H,105,123)(H,106,128)(H,107,124)(H,108,127)(H,116,117)/t48-,61+,62+,63+,64+,65+,66+,67+,68+,69+,70+,76+,77+/m1/s1. The van der Waals surface area contributed by atoms with E-state index in [4.69, 9.17) is 11.5 Å². The van der Waals surface area contributed by atoms with E-state index >= 15 is 43.2 Å². The minimum absolute atomic E-state index is 0.0358. The van der Waals surface area contributed by atoms with E-state index in [9.17, 15) is 53.4 Å². The largest absolute Gasteiger partial charge is 0.481 e. The van der Waals surface area contributed by atoms with E-state index in [-0.39, 0.29) is 76.8 Å². The molecule has 5 heterocycles. The van der Waals surface area contributed by atoms with Gasteiger partial charge in [0.05, 0.1) is 32.0 Å². The maximum atomic E-state index is 15.8. The van der Waals surface area contributed by atoms with Crippen LogP contribution < -0.4 is 91.2 Å². The van der Waals surface area contributed by atoms with Gasteiger partial charge in [0.15, 0.2) is 0 Å². The second kappa shape index (κ2) is 49.4. The first kappa shape index (κ1) is 100. The van der Waals surface area contributed by atoms with E-state index in [1.807, 2.05) is 24.3 Å². The number of aliphatic hydroxyl groups excluding tert-OH is 1. The lowest BCUT2D eigenvalue weighted by atomic mass is 9.83. The van der Waals surface area contributed by atoms with Crippen molar-refractivity contribution in [1.29, 1.82) is 0 Å². The van der Waals surface area contributed by atoms with Gasteiger partial charge >= 0.3 is 5.97 Å². The third-order valence-corrected chi connectivity index (χ3v) is 26.1. The molecule has 1 aliphatic carbocycles. The van der Waals surface area contributed by atoms with E-state index in [0.717, 1.165) is 44.3 Å². The van der Waals surface area contributed by atoms with E-state index in [1.165, 1.54) is 18.7 Å². The highest BCUT2D eigenvalue weighted by Gasteiger charge is 2.43. The lowest BCUT2D eigenvalue weighted by molar-refractivity contribution is -0.142. The van der Waals surface area contributed by atoms with E-state index in [2.05, 4.69) is 89.7 Å². The number of carboxylic acid groups (broad SMARTS) is 1. The van der Waals surface area contributed by atoms with Crippen LogP contribution in [0.25, 0.3) is 32.6 Å². The Hall–Kier alpha value is -12.7. The summed E-state index contributed by atoms with van der Waals surface area (Å²) in [6, 6.07) is 6.54. The van der Waals surface area contributed by atoms with Crippen LogP contribution in [0, 0.1) is 11.8 Å². The predicted molar refractivity (Wildman–Crippen MR) is 485 cm³/mol. The number of nitrogens with zero attached hydrogens (tertiary/aromatic N) is 1. The van der Waals surface area contributed by atoms with Crippen LogP contribution in [-0.4, -0.2) is 261 Å². The number of aliphatic carboxylic acids is 1. The summed E-state index contributed by atoms with van der Waals surface area (Å²) in [5.74, 6) is -19.6. The number of likely N-dealkylation sites (tertiary alicyclic amines) is 1. The Morgan fingerprint density at radius 1 is 0.557 bits per heavy atom. The first-order valence-electron chi connectivity index (χ1n) is 44.2. The maximum absolute atomic E-state index is 15.8. The molecule has 4 aliphatic rings. The number of H-pyrrole nitrogens is 2. The number of nitrogens with two attached hydrogens (primary N) is 2. The van der Waals surface area contributed by atoms with Crippen molar-refractivity contribution in [3.05, 3.63) is 120 Å². The Morgan fingerprint density at radius 3 is 1.77 bits per heavy atom. The van der Waals surface area contributed by atoms with Crippen molar-refractivity contribution < 1.29 is 96.5 Å². The molecular weight excluding hydrogens is 1730 g/mol. The minimum atomic E-state index is -2.13. The number of amides is 17. The molecule has 6 aromatic rings. The van der Waals surface area contributed by atoms with Crippen LogP contribution in [0.5, 0.6) is 0 Å². The SMILES string of the molecule is CCC(=O)NCC(=O)NCC(=O)NCCCC[C@@H]1NC(=O)[C@H](Cc2ccc3ccccc3c2)NC(=O)[C@H](CC(N)=O)NC(=O)[C@H](CC2CCNCC2)NC(=O)[C@@H](NC(=O)[C@@H](NC(=O)[C@@H](NC(=O)[C@H](Cc2c[nH]c3ccccc23)NC(C)=O)[C@@H](C)O)C2CCCCC2)CSSC[C@@H](C(=O)N[C@@H](Cc2c[nH]c3ccccc23)C(=O)N2CCC[C@H]2C(N)=O)NC(=O)[C@H](CC(=O)O)NC1=O. The van der Waals surface area contributed by atoms with Crippen LogP contribution in [0.1, 0.15) is 140 Å². The smallest absolute Gasteiger partial charge is 0.305 e. The quantitative estimate of drug-likeness (QED) is 0.0162. The fourth-order valence-corrected chi connectivity index (χ4v) is 18.9. The molecule has 10 rings (SSSR count). The summed E-state index contributed by atoms with van der Waals surface area (Å²) in [5.41, 5.74) is 14.7. The number of nitrogens with one attached hydrogen (secondary N) is 17. The zero-order valence-electron chi connectivity index (χ0n) is 73.2. The van der Waals surface area contributed by atoms with Gasteiger partial charge in [-0.3, -0.25) is 86.3 Å². The number of rotatable bonds is 35. The van der Waals surface area contributed by atoms with Gasteiger partial charge in [-0.15, -0.1) is 0 Å². The number of primary amides is 2. The number of benzene rings is 4. The molecule has 131 heavy (non-hydrogen) atoms. The third kappa shape index (κ3) is 29.9. The second-order valence-corrected chi connectivity index (χ2v) is 36.0. The number of aliphatic hydroxyl groups is 1. The van der Waals surface area contributed by atoms with Crippen LogP contribution in [0.4, 0.5) is 0 Å². The minimum Gasteiger partial charge on any atom is -0.481 e. The van der Waals surface area contributed by atoms with Crippen molar-refractivity contribution in [2.45, 2.75) is 221 Å². The van der Waals surface area contributed by atoms with Gasteiger partial charge in [-0.1, -0.05) is 127 Å². The number of hydrogen-bond acceptors (Lipinski definition) is 22. The number of carboxylic acids is 1. The molecule has 40 nitrogen and oxygen atoms in total. The van der Waals surface area contributed by atoms with Crippen molar-refractivity contribution in [2.24, 2.45) is 23.3 Å². The second-order valence-electron chi connectivity index (χ2n) is 33.5. The molecule has 1 saturated carbocycles. The molecule has 4 fully saturated rings. The summed E-state index contributed by atoms with van der Waals surface area (Å²) < 4.78 is 0. The molecule has 3 aliphatic heterocycles. The summed E-state index contributed by atoms with van der Waals surface area (Å²) in [4.78, 5) is 265. The fraction of sp³-hybridized carbons (Fsp3) is 0.506. The van der Waals surface area contributed by atoms with Gasteiger partial charge in [-0.05, 0) is 136 Å². The molecule has 13 atom stereocenters. The number of fused-ring (bicyclic) bond motifs is 3. The Balaban J connectivity index is 1.03. The van der Waals surface area contributed by atoms with Gasteiger partial charge in [0, 0.05) is 91.4 Å². The summed E-state index contributed by atoms with van der Waals surface area (Å²) in [5, 5.41) is 64.7. The average molecular weight is 1850 g/mol. The zero-order chi connectivity index (χ0) is 94.4. The molecule has 3 saturated heterocycles. The summed E-state index contributed by atoms with van der Waals surface area (Å²) >= 11 is 0. The van der Waals surface area contributed by atoms with Crippen molar-refractivity contribution in [3.8, 4) is 0 Å². The highest BCUT2D eigenvalue weighted by molar-refractivity contribution is 8.76. The highest BCUT2D eigenvalue weighted by Crippen LogP contribution is 2.31. The van der Waals surface area contributed by atoms with Crippen molar-refractivity contribution in [3.63, 3.8) is 0 Å². The van der Waals surface area contributed by atoms with Gasteiger partial charge in [-0.2, -0.15) is 0 Å². The molecule has 0 radical (unpaired) electrons. The van der Waals surface area contributed by atoms with Crippen LogP contribution in [0.3, 0.4) is 0 Å². The Morgan fingerprint density at radius 2 is 1.13 bits per heavy atom. The van der Waals surface area contributed by atoms with Crippen LogP contribution in [-0.2, 0) is 106 Å². The van der Waals surface area contributed by atoms with Crippen LogP contribution in [0.2, 0.25) is 0 Å². The van der Waals surface area contributed by atoms with Gasteiger partial charge < -0.3 is 116 Å². The number of piperidine rings is 1.